The molecule has 1 aliphatic carbocycles. The second-order valence-electron chi connectivity index (χ2n) is 6.16. The predicted molar refractivity (Wildman–Crippen MR) is 89.8 cm³/mol. The number of hydrogen-bond acceptors (Lipinski definition) is 6. The molecule has 0 aliphatic heterocycles. The minimum atomic E-state index is -0.826. The number of rotatable bonds is 3. The Morgan fingerprint density at radius 3 is 2.72 bits per heavy atom. The maximum absolute atomic E-state index is 12.9. The zero-order chi connectivity index (χ0) is 18.3. The molecule has 2 aromatic carbocycles. The van der Waals surface area contributed by atoms with E-state index in [1.54, 1.807) is 26.0 Å². The number of hydrogen-bond donors (Lipinski definition) is 2. The monoisotopic (exact) mass is 342 g/mol. The van der Waals surface area contributed by atoms with Crippen LogP contribution in [0.1, 0.15) is 41.0 Å². The van der Waals surface area contributed by atoms with Crippen LogP contribution >= 0.6 is 0 Å². The predicted octanol–water partition coefficient (Wildman–Crippen LogP) is 2.84. The van der Waals surface area contributed by atoms with Crippen LogP contribution in [0.5, 0.6) is 11.5 Å². The van der Waals surface area contributed by atoms with Crippen molar-refractivity contribution in [1.29, 1.82) is 0 Å². The van der Waals surface area contributed by atoms with Crippen molar-refractivity contribution in [3.8, 4) is 11.5 Å². The second kappa shape index (κ2) is 6.20. The number of carbonyl (C=O) groups is 3. The number of aromatic hydroxyl groups is 2. The Labute approximate surface area is 144 Å². The molecule has 0 saturated carbocycles. The van der Waals surface area contributed by atoms with Crippen molar-refractivity contribution in [2.75, 3.05) is 6.61 Å². The van der Waals surface area contributed by atoms with Gasteiger partial charge in [0.15, 0.2) is 11.6 Å². The van der Waals surface area contributed by atoms with E-state index in [-0.39, 0.29) is 41.1 Å². The van der Waals surface area contributed by atoms with Crippen LogP contribution < -0.4 is 0 Å². The molecule has 25 heavy (non-hydrogen) atoms. The number of fused-ring (bicyclic) bond motifs is 2. The van der Waals surface area contributed by atoms with E-state index in [2.05, 4.69) is 0 Å². The number of phenols is 2. The molecule has 2 N–H and O–H groups in total. The third-order valence-corrected chi connectivity index (χ3v) is 4.67. The number of ketones is 2. The number of phenolic OH excluding ortho intramolecular Hbond substituents is 2. The van der Waals surface area contributed by atoms with Gasteiger partial charge in [-0.15, -0.1) is 0 Å². The SMILES string of the molecule is CCOC(=O)C(C)C1CC(=O)c2c(cc3cccc(O)c3c2O)C1=O. The van der Waals surface area contributed by atoms with Crippen LogP contribution in [0.2, 0.25) is 0 Å². The number of Topliss-reactive ketones (excluding diaryl/α,β-unsaturated/α-hetero) is 2. The zero-order valence-electron chi connectivity index (χ0n) is 13.9. The normalized spacial score (nSPS) is 18.1. The van der Waals surface area contributed by atoms with Crippen LogP contribution in [0, 0.1) is 11.8 Å². The Balaban J connectivity index is 2.13. The number of benzene rings is 2. The minimum Gasteiger partial charge on any atom is -0.507 e. The summed E-state index contributed by atoms with van der Waals surface area (Å²) in [5, 5.41) is 21.0. The molecule has 0 saturated heterocycles. The molecule has 0 spiro atoms. The maximum Gasteiger partial charge on any atom is 0.309 e. The van der Waals surface area contributed by atoms with Crippen LogP contribution in [-0.2, 0) is 9.53 Å². The van der Waals surface area contributed by atoms with Gasteiger partial charge in [-0.25, -0.2) is 0 Å². The molecular weight excluding hydrogens is 324 g/mol. The van der Waals surface area contributed by atoms with E-state index in [1.165, 1.54) is 12.1 Å². The first-order chi connectivity index (χ1) is 11.9. The molecule has 3 rings (SSSR count). The van der Waals surface area contributed by atoms with Crippen molar-refractivity contribution >= 4 is 28.3 Å². The van der Waals surface area contributed by atoms with Crippen molar-refractivity contribution in [1.82, 2.24) is 0 Å². The van der Waals surface area contributed by atoms with Crippen LogP contribution in [0.4, 0.5) is 0 Å². The lowest BCUT2D eigenvalue weighted by Gasteiger charge is -2.27. The summed E-state index contributed by atoms with van der Waals surface area (Å²) in [5.41, 5.74) is -0.0145. The van der Waals surface area contributed by atoms with Gasteiger partial charge in [0.2, 0.25) is 0 Å². The van der Waals surface area contributed by atoms with E-state index < -0.39 is 29.3 Å². The third kappa shape index (κ3) is 2.63. The lowest BCUT2D eigenvalue weighted by molar-refractivity contribution is -0.148. The van der Waals surface area contributed by atoms with Gasteiger partial charge in [-0.2, -0.15) is 0 Å². The highest BCUT2D eigenvalue weighted by molar-refractivity contribution is 6.20. The quantitative estimate of drug-likeness (QED) is 0.832. The minimum absolute atomic E-state index is 0.0769. The molecule has 0 amide bonds. The molecule has 0 radical (unpaired) electrons. The van der Waals surface area contributed by atoms with Crippen molar-refractivity contribution in [3.05, 3.63) is 35.4 Å². The molecular formula is C19H18O6. The van der Waals surface area contributed by atoms with Gasteiger partial charge < -0.3 is 14.9 Å². The summed E-state index contributed by atoms with van der Waals surface area (Å²) in [4.78, 5) is 37.4. The zero-order valence-corrected chi connectivity index (χ0v) is 13.9. The van der Waals surface area contributed by atoms with Gasteiger partial charge in [0.1, 0.15) is 11.5 Å². The van der Waals surface area contributed by atoms with Crippen LogP contribution in [-0.4, -0.2) is 34.4 Å². The topological polar surface area (TPSA) is 101 Å². The van der Waals surface area contributed by atoms with Crippen LogP contribution in [0.3, 0.4) is 0 Å². The van der Waals surface area contributed by atoms with E-state index in [9.17, 15) is 24.6 Å². The van der Waals surface area contributed by atoms with E-state index in [4.69, 9.17) is 4.74 Å². The maximum atomic E-state index is 12.9. The second-order valence-corrected chi connectivity index (χ2v) is 6.16. The lowest BCUT2D eigenvalue weighted by Crippen LogP contribution is -2.35. The number of ether oxygens (including phenoxy) is 1. The van der Waals surface area contributed by atoms with E-state index in [1.807, 2.05) is 0 Å². The summed E-state index contributed by atoms with van der Waals surface area (Å²) in [5.74, 6) is -3.49. The molecule has 0 fully saturated rings. The summed E-state index contributed by atoms with van der Waals surface area (Å²) >= 11 is 0. The van der Waals surface area contributed by atoms with Crippen molar-refractivity contribution in [2.45, 2.75) is 20.3 Å². The molecule has 1 aliphatic rings. The largest absolute Gasteiger partial charge is 0.507 e. The number of carbonyl (C=O) groups excluding carboxylic acids is 3. The molecule has 0 aromatic heterocycles. The first-order valence-electron chi connectivity index (χ1n) is 8.08. The smallest absolute Gasteiger partial charge is 0.309 e. The summed E-state index contributed by atoms with van der Waals surface area (Å²) < 4.78 is 4.95. The first kappa shape index (κ1) is 17.0. The van der Waals surface area contributed by atoms with Gasteiger partial charge in [0.05, 0.1) is 23.5 Å². The summed E-state index contributed by atoms with van der Waals surface area (Å²) in [6.07, 6.45) is -0.182. The summed E-state index contributed by atoms with van der Waals surface area (Å²) in [6.45, 7) is 3.43. The standard InChI is InChI=1S/C19H18O6/c1-3-25-19(24)9(2)11-8-14(21)16-12(17(11)22)7-10-5-4-6-13(20)15(10)18(16)23/h4-7,9,11,20,23H,3,8H2,1-2H3. The average molecular weight is 342 g/mol. The lowest BCUT2D eigenvalue weighted by atomic mass is 9.75. The Morgan fingerprint density at radius 2 is 2.04 bits per heavy atom. The van der Waals surface area contributed by atoms with Gasteiger partial charge in [-0.3, -0.25) is 14.4 Å². The summed E-state index contributed by atoms with van der Waals surface area (Å²) in [6, 6.07) is 6.09. The molecule has 2 atom stereocenters. The van der Waals surface area contributed by atoms with Gasteiger partial charge >= 0.3 is 5.97 Å². The first-order valence-corrected chi connectivity index (χ1v) is 8.08. The van der Waals surface area contributed by atoms with E-state index >= 15 is 0 Å². The Hall–Kier alpha value is -2.89. The van der Waals surface area contributed by atoms with Gasteiger partial charge in [0, 0.05) is 17.9 Å². The molecule has 0 heterocycles. The van der Waals surface area contributed by atoms with Crippen molar-refractivity contribution in [2.24, 2.45) is 11.8 Å². The molecule has 2 aromatic rings. The van der Waals surface area contributed by atoms with Gasteiger partial charge in [-0.05, 0) is 24.4 Å². The third-order valence-electron chi connectivity index (χ3n) is 4.67. The molecule has 6 nitrogen and oxygen atoms in total. The molecule has 130 valence electrons. The Kier molecular flexibility index (Phi) is 4.20. The highest BCUT2D eigenvalue weighted by atomic mass is 16.5. The fourth-order valence-electron chi connectivity index (χ4n) is 3.33. The Bertz CT molecular complexity index is 898. The van der Waals surface area contributed by atoms with E-state index in [0.717, 1.165) is 0 Å². The van der Waals surface area contributed by atoms with Crippen LogP contribution in [0.25, 0.3) is 10.8 Å². The fourth-order valence-corrected chi connectivity index (χ4v) is 3.33. The molecule has 0 bridgehead atoms. The fraction of sp³-hybridized carbons (Fsp3) is 0.316. The number of esters is 1. The van der Waals surface area contributed by atoms with Gasteiger partial charge in [0.25, 0.3) is 0 Å². The average Bonchev–Trinajstić information content (AvgIpc) is 2.57. The van der Waals surface area contributed by atoms with Crippen molar-refractivity contribution in [3.63, 3.8) is 0 Å². The Morgan fingerprint density at radius 1 is 1.32 bits per heavy atom. The highest BCUT2D eigenvalue weighted by Gasteiger charge is 2.41. The molecule has 2 unspecified atom stereocenters. The van der Waals surface area contributed by atoms with Gasteiger partial charge in [-0.1, -0.05) is 19.1 Å². The van der Waals surface area contributed by atoms with E-state index in [0.29, 0.717) is 5.39 Å². The highest BCUT2D eigenvalue weighted by Crippen LogP contribution is 2.42. The molecule has 6 heteroatoms. The van der Waals surface area contributed by atoms with Crippen molar-refractivity contribution < 1.29 is 29.3 Å². The van der Waals surface area contributed by atoms with Crippen LogP contribution in [0.15, 0.2) is 24.3 Å². The summed E-state index contributed by atoms with van der Waals surface area (Å²) in [7, 11) is 0.